The van der Waals surface area contributed by atoms with E-state index in [2.05, 4.69) is 5.10 Å². The van der Waals surface area contributed by atoms with Crippen molar-refractivity contribution in [2.24, 2.45) is 7.05 Å². The Hall–Kier alpha value is -0.830. The van der Waals surface area contributed by atoms with Crippen molar-refractivity contribution in [3.63, 3.8) is 0 Å². The standard InChI is InChI=1S/C10H16N2O/c1-12-8-9(7-11-12)3-6-10(13)4-2-5-10/h7-8,13H,2-6H2,1H3. The molecule has 0 radical (unpaired) electrons. The summed E-state index contributed by atoms with van der Waals surface area (Å²) in [6, 6.07) is 0. The molecule has 0 atom stereocenters. The zero-order valence-corrected chi connectivity index (χ0v) is 8.03. The molecule has 1 N–H and O–H groups in total. The molecule has 0 aliphatic heterocycles. The third kappa shape index (κ3) is 1.91. The molecule has 72 valence electrons. The fourth-order valence-corrected chi connectivity index (χ4v) is 1.81. The first-order valence-electron chi connectivity index (χ1n) is 4.88. The van der Waals surface area contributed by atoms with Crippen LogP contribution in [0.3, 0.4) is 0 Å². The third-order valence-electron chi connectivity index (χ3n) is 2.92. The normalized spacial score (nSPS) is 19.8. The number of hydrogen-bond acceptors (Lipinski definition) is 2. The molecule has 3 nitrogen and oxygen atoms in total. The third-order valence-corrected chi connectivity index (χ3v) is 2.92. The number of rotatable bonds is 3. The van der Waals surface area contributed by atoms with Crippen molar-refractivity contribution in [3.05, 3.63) is 18.0 Å². The number of hydrogen-bond donors (Lipinski definition) is 1. The van der Waals surface area contributed by atoms with Gasteiger partial charge in [-0.2, -0.15) is 5.10 Å². The van der Waals surface area contributed by atoms with E-state index in [1.165, 1.54) is 12.0 Å². The predicted octanol–water partition coefficient (Wildman–Crippen LogP) is 1.27. The smallest absolute Gasteiger partial charge is 0.0651 e. The van der Waals surface area contributed by atoms with Gasteiger partial charge in [0.25, 0.3) is 0 Å². The van der Waals surface area contributed by atoms with Crippen LogP contribution in [0.4, 0.5) is 0 Å². The zero-order chi connectivity index (χ0) is 9.31. The molecule has 0 amide bonds. The van der Waals surface area contributed by atoms with E-state index >= 15 is 0 Å². The highest BCUT2D eigenvalue weighted by atomic mass is 16.3. The number of aliphatic hydroxyl groups is 1. The minimum absolute atomic E-state index is 0.351. The average molecular weight is 180 g/mol. The topological polar surface area (TPSA) is 38.0 Å². The average Bonchev–Trinajstić information content (AvgIpc) is 2.44. The lowest BCUT2D eigenvalue weighted by Gasteiger charge is -2.36. The van der Waals surface area contributed by atoms with E-state index in [-0.39, 0.29) is 5.60 Å². The summed E-state index contributed by atoms with van der Waals surface area (Å²) in [5.74, 6) is 0. The van der Waals surface area contributed by atoms with Crippen molar-refractivity contribution < 1.29 is 5.11 Å². The van der Waals surface area contributed by atoms with Crippen molar-refractivity contribution in [2.75, 3.05) is 0 Å². The first-order chi connectivity index (χ1) is 6.18. The molecular weight excluding hydrogens is 164 g/mol. The SMILES string of the molecule is Cn1cc(CCC2(O)CCC2)cn1. The van der Waals surface area contributed by atoms with Gasteiger partial charge in [-0.15, -0.1) is 0 Å². The van der Waals surface area contributed by atoms with Crippen LogP contribution >= 0.6 is 0 Å². The lowest BCUT2D eigenvalue weighted by molar-refractivity contribution is -0.0397. The van der Waals surface area contributed by atoms with Gasteiger partial charge in [-0.25, -0.2) is 0 Å². The van der Waals surface area contributed by atoms with Crippen molar-refractivity contribution in [1.82, 2.24) is 9.78 Å². The van der Waals surface area contributed by atoms with Crippen LogP contribution in [-0.2, 0) is 13.5 Å². The molecular formula is C10H16N2O. The van der Waals surface area contributed by atoms with E-state index in [1.54, 1.807) is 4.68 Å². The summed E-state index contributed by atoms with van der Waals surface area (Å²) in [4.78, 5) is 0. The lowest BCUT2D eigenvalue weighted by Crippen LogP contribution is -2.36. The molecule has 13 heavy (non-hydrogen) atoms. The van der Waals surface area contributed by atoms with Gasteiger partial charge in [-0.3, -0.25) is 4.68 Å². The molecule has 1 aromatic heterocycles. The second-order valence-corrected chi connectivity index (χ2v) is 4.10. The summed E-state index contributed by atoms with van der Waals surface area (Å²) in [7, 11) is 1.92. The molecule has 1 aliphatic carbocycles. The molecule has 0 saturated heterocycles. The molecule has 0 aromatic carbocycles. The number of aryl methyl sites for hydroxylation is 2. The summed E-state index contributed by atoms with van der Waals surface area (Å²) in [6.45, 7) is 0. The summed E-state index contributed by atoms with van der Waals surface area (Å²) in [5, 5.41) is 13.9. The fraction of sp³-hybridized carbons (Fsp3) is 0.700. The molecule has 2 rings (SSSR count). The van der Waals surface area contributed by atoms with Crippen LogP contribution in [-0.4, -0.2) is 20.5 Å². The second-order valence-electron chi connectivity index (χ2n) is 4.10. The first kappa shape index (κ1) is 8.75. The molecule has 0 unspecified atom stereocenters. The fourth-order valence-electron chi connectivity index (χ4n) is 1.81. The van der Waals surface area contributed by atoms with E-state index in [1.807, 2.05) is 19.4 Å². The molecule has 0 bridgehead atoms. The van der Waals surface area contributed by atoms with Gasteiger partial charge in [0.15, 0.2) is 0 Å². The molecule has 1 heterocycles. The highest BCUT2D eigenvalue weighted by Gasteiger charge is 2.33. The quantitative estimate of drug-likeness (QED) is 0.760. The Morgan fingerprint density at radius 2 is 2.38 bits per heavy atom. The van der Waals surface area contributed by atoms with Gasteiger partial charge < -0.3 is 5.11 Å². The Balaban J connectivity index is 1.85. The first-order valence-corrected chi connectivity index (χ1v) is 4.88. The Labute approximate surface area is 78.4 Å². The Kier molecular flexibility index (Phi) is 2.12. The molecule has 3 heteroatoms. The van der Waals surface area contributed by atoms with E-state index in [0.717, 1.165) is 25.7 Å². The minimum atomic E-state index is -0.351. The second kappa shape index (κ2) is 3.14. The van der Waals surface area contributed by atoms with Crippen LogP contribution in [0.1, 0.15) is 31.2 Å². The zero-order valence-electron chi connectivity index (χ0n) is 8.03. The predicted molar refractivity (Wildman–Crippen MR) is 50.3 cm³/mol. The largest absolute Gasteiger partial charge is 0.390 e. The maximum absolute atomic E-state index is 9.85. The van der Waals surface area contributed by atoms with Gasteiger partial charge in [-0.05, 0) is 37.7 Å². The van der Waals surface area contributed by atoms with Gasteiger partial charge in [-0.1, -0.05) is 0 Å². The van der Waals surface area contributed by atoms with Crippen LogP contribution in [0, 0.1) is 0 Å². The Morgan fingerprint density at radius 3 is 2.85 bits per heavy atom. The maximum Gasteiger partial charge on any atom is 0.0651 e. The van der Waals surface area contributed by atoms with Gasteiger partial charge in [0.05, 0.1) is 11.8 Å². The van der Waals surface area contributed by atoms with E-state index < -0.39 is 0 Å². The van der Waals surface area contributed by atoms with E-state index in [9.17, 15) is 5.11 Å². The highest BCUT2D eigenvalue weighted by Crippen LogP contribution is 2.35. The van der Waals surface area contributed by atoms with Crippen LogP contribution in [0.25, 0.3) is 0 Å². The number of nitrogens with zero attached hydrogens (tertiary/aromatic N) is 2. The van der Waals surface area contributed by atoms with Crippen molar-refractivity contribution in [3.8, 4) is 0 Å². The van der Waals surface area contributed by atoms with Gasteiger partial charge in [0, 0.05) is 13.2 Å². The molecule has 0 spiro atoms. The monoisotopic (exact) mass is 180 g/mol. The number of aromatic nitrogens is 2. The maximum atomic E-state index is 9.85. The Bertz CT molecular complexity index is 289. The van der Waals surface area contributed by atoms with Crippen LogP contribution in [0.15, 0.2) is 12.4 Å². The van der Waals surface area contributed by atoms with Crippen molar-refractivity contribution >= 4 is 0 Å². The highest BCUT2D eigenvalue weighted by molar-refractivity contribution is 5.05. The summed E-state index contributed by atoms with van der Waals surface area (Å²) < 4.78 is 1.81. The van der Waals surface area contributed by atoms with Gasteiger partial charge in [0.2, 0.25) is 0 Å². The molecule has 1 aromatic rings. The summed E-state index contributed by atoms with van der Waals surface area (Å²) >= 11 is 0. The minimum Gasteiger partial charge on any atom is -0.390 e. The van der Waals surface area contributed by atoms with Crippen molar-refractivity contribution in [2.45, 2.75) is 37.7 Å². The van der Waals surface area contributed by atoms with E-state index in [4.69, 9.17) is 0 Å². The molecule has 1 fully saturated rings. The van der Waals surface area contributed by atoms with Crippen LogP contribution < -0.4 is 0 Å². The molecule has 1 aliphatic rings. The van der Waals surface area contributed by atoms with Gasteiger partial charge >= 0.3 is 0 Å². The lowest BCUT2D eigenvalue weighted by atomic mass is 9.77. The van der Waals surface area contributed by atoms with Crippen LogP contribution in [0.2, 0.25) is 0 Å². The summed E-state index contributed by atoms with van der Waals surface area (Å²) in [6.07, 6.45) is 8.87. The molecule has 1 saturated carbocycles. The van der Waals surface area contributed by atoms with Gasteiger partial charge in [0.1, 0.15) is 0 Å². The summed E-state index contributed by atoms with van der Waals surface area (Å²) in [5.41, 5.74) is 0.873. The van der Waals surface area contributed by atoms with E-state index in [0.29, 0.717) is 0 Å². The Morgan fingerprint density at radius 1 is 1.62 bits per heavy atom. The van der Waals surface area contributed by atoms with Crippen LogP contribution in [0.5, 0.6) is 0 Å². The van der Waals surface area contributed by atoms with Crippen molar-refractivity contribution in [1.29, 1.82) is 0 Å².